The fourth-order valence-corrected chi connectivity index (χ4v) is 6.54. The number of hydrogen-bond donors (Lipinski definition) is 2. The van der Waals surface area contributed by atoms with Crippen LogP contribution in [0.1, 0.15) is 51.5 Å². The van der Waals surface area contributed by atoms with Gasteiger partial charge in [0.15, 0.2) is 6.04 Å². The lowest BCUT2D eigenvalue weighted by atomic mass is 9.91. The van der Waals surface area contributed by atoms with E-state index in [4.69, 9.17) is 11.6 Å². The van der Waals surface area contributed by atoms with E-state index in [0.29, 0.717) is 17.0 Å². The van der Waals surface area contributed by atoms with Crippen LogP contribution in [0.15, 0.2) is 70.6 Å². The zero-order valence-electron chi connectivity index (χ0n) is 23.0. The number of carbonyl (C=O) groups is 1. The predicted octanol–water partition coefficient (Wildman–Crippen LogP) is 5.46. The van der Waals surface area contributed by atoms with Crippen LogP contribution in [0, 0.1) is 5.82 Å². The first-order valence-electron chi connectivity index (χ1n) is 13.4. The van der Waals surface area contributed by atoms with Crippen LogP contribution in [-0.4, -0.2) is 54.6 Å². The second-order valence-corrected chi connectivity index (χ2v) is 13.5. The normalized spacial score (nSPS) is 20.4. The number of halogens is 4. The summed E-state index contributed by atoms with van der Waals surface area (Å²) >= 11 is 5.80. The molecule has 0 unspecified atom stereocenters. The fraction of sp³-hybridized carbons (Fsp3) is 0.448. The summed E-state index contributed by atoms with van der Waals surface area (Å²) in [5, 5.41) is 6.00. The summed E-state index contributed by atoms with van der Waals surface area (Å²) in [6.45, 7) is 7.59. The van der Waals surface area contributed by atoms with Gasteiger partial charge in [-0.15, -0.1) is 0 Å². The van der Waals surface area contributed by atoms with Gasteiger partial charge in [0, 0.05) is 32.0 Å². The molecule has 1 heterocycles. The van der Waals surface area contributed by atoms with Crippen molar-refractivity contribution in [1.82, 2.24) is 14.9 Å². The molecule has 12 heteroatoms. The summed E-state index contributed by atoms with van der Waals surface area (Å²) in [6.07, 6.45) is 0.0506. The van der Waals surface area contributed by atoms with E-state index in [-0.39, 0.29) is 67.1 Å². The summed E-state index contributed by atoms with van der Waals surface area (Å²) in [6, 6.07) is 10.9. The van der Waals surface area contributed by atoms with Crippen molar-refractivity contribution in [3.05, 3.63) is 77.1 Å². The van der Waals surface area contributed by atoms with Gasteiger partial charge < -0.3 is 10.6 Å². The lowest BCUT2D eigenvalue weighted by Crippen LogP contribution is -2.53. The van der Waals surface area contributed by atoms with Crippen molar-refractivity contribution in [2.45, 2.75) is 80.9 Å². The average Bonchev–Trinajstić information content (AvgIpc) is 3.25. The van der Waals surface area contributed by atoms with Gasteiger partial charge in [-0.3, -0.25) is 9.79 Å². The number of amidine groups is 1. The molecule has 1 amide bonds. The molecule has 7 nitrogen and oxygen atoms in total. The van der Waals surface area contributed by atoms with Crippen LogP contribution in [0.3, 0.4) is 0 Å². The smallest absolute Gasteiger partial charge is 0.248 e. The van der Waals surface area contributed by atoms with E-state index in [1.165, 1.54) is 28.6 Å². The first kappa shape index (κ1) is 31.1. The first-order chi connectivity index (χ1) is 19.2. The van der Waals surface area contributed by atoms with E-state index in [2.05, 4.69) is 22.2 Å². The number of nitrogens with zero attached hydrogens (tertiary/aromatic N) is 2. The quantitative estimate of drug-likeness (QED) is 0.374. The molecule has 0 saturated heterocycles. The van der Waals surface area contributed by atoms with Gasteiger partial charge in [-0.1, -0.05) is 42.4 Å². The second-order valence-electron chi connectivity index (χ2n) is 11.1. The third-order valence-electron chi connectivity index (χ3n) is 7.42. The van der Waals surface area contributed by atoms with Gasteiger partial charge in [-0.05, 0) is 68.5 Å². The predicted molar refractivity (Wildman–Crippen MR) is 153 cm³/mol. The molecule has 2 aromatic rings. The van der Waals surface area contributed by atoms with E-state index >= 15 is 0 Å². The van der Waals surface area contributed by atoms with Crippen LogP contribution in [0.2, 0.25) is 5.02 Å². The van der Waals surface area contributed by atoms with Gasteiger partial charge in [0.05, 0.1) is 15.5 Å². The van der Waals surface area contributed by atoms with Crippen molar-refractivity contribution < 1.29 is 26.4 Å². The molecular weight excluding hydrogens is 577 g/mol. The van der Waals surface area contributed by atoms with E-state index < -0.39 is 33.3 Å². The molecule has 0 aromatic heterocycles. The lowest BCUT2D eigenvalue weighted by Gasteiger charge is -2.31. The van der Waals surface area contributed by atoms with Gasteiger partial charge in [-0.2, -0.15) is 4.31 Å². The van der Waals surface area contributed by atoms with E-state index in [9.17, 15) is 26.4 Å². The molecule has 1 fully saturated rings. The van der Waals surface area contributed by atoms with Crippen LogP contribution in [-0.2, 0) is 21.4 Å². The highest BCUT2D eigenvalue weighted by molar-refractivity contribution is 7.89. The molecule has 222 valence electrons. The largest absolute Gasteiger partial charge is 0.363 e. The monoisotopic (exact) mass is 610 g/mol. The van der Waals surface area contributed by atoms with Crippen LogP contribution < -0.4 is 10.6 Å². The molecule has 2 aliphatic rings. The summed E-state index contributed by atoms with van der Waals surface area (Å²) in [7, 11) is -3.95. The molecule has 41 heavy (non-hydrogen) atoms. The third kappa shape index (κ3) is 7.50. The molecular formula is C29H34ClF3N4O3S. The summed E-state index contributed by atoms with van der Waals surface area (Å²) in [4.78, 5) is 17.7. The molecule has 0 radical (unpaired) electrons. The SMILES string of the molecule is C=C(CCN(Cc1ccc(Cl)c(F)c1)S(=O)(=O)c1ccccc1)C1=N[C@@H](C(=O)NC2CCC(F)(F)CC2)C(C)(C)N1. The van der Waals surface area contributed by atoms with Gasteiger partial charge >= 0.3 is 0 Å². The van der Waals surface area contributed by atoms with E-state index in [1.807, 2.05) is 0 Å². The summed E-state index contributed by atoms with van der Waals surface area (Å²) < 4.78 is 69.4. The van der Waals surface area contributed by atoms with Crippen molar-refractivity contribution >= 4 is 33.4 Å². The number of nitrogens with one attached hydrogen (secondary N) is 2. The molecule has 1 atom stereocenters. The zero-order valence-corrected chi connectivity index (χ0v) is 24.5. The Bertz CT molecular complexity index is 1420. The van der Waals surface area contributed by atoms with E-state index in [1.54, 1.807) is 38.1 Å². The van der Waals surface area contributed by atoms with Crippen molar-refractivity contribution in [2.75, 3.05) is 6.54 Å². The average molecular weight is 611 g/mol. The Hall–Kier alpha value is -2.89. The number of alkyl halides is 2. The maximum absolute atomic E-state index is 14.1. The van der Waals surface area contributed by atoms with Gasteiger partial charge in [0.2, 0.25) is 21.9 Å². The van der Waals surface area contributed by atoms with Gasteiger partial charge in [-0.25, -0.2) is 21.6 Å². The topological polar surface area (TPSA) is 90.9 Å². The Kier molecular flexibility index (Phi) is 9.20. The summed E-state index contributed by atoms with van der Waals surface area (Å²) in [5.41, 5.74) is 0.130. The highest BCUT2D eigenvalue weighted by atomic mass is 35.5. The molecule has 2 N–H and O–H groups in total. The molecule has 1 aliphatic heterocycles. The maximum Gasteiger partial charge on any atom is 0.248 e. The summed E-state index contributed by atoms with van der Waals surface area (Å²) in [5.74, 6) is -3.33. The molecule has 2 aromatic carbocycles. The molecule has 1 saturated carbocycles. The number of sulfonamides is 1. The van der Waals surface area contributed by atoms with Crippen molar-refractivity contribution in [2.24, 2.45) is 4.99 Å². The maximum atomic E-state index is 14.1. The Morgan fingerprint density at radius 1 is 1.17 bits per heavy atom. The molecule has 0 spiro atoms. The number of carbonyl (C=O) groups excluding carboxylic acids is 1. The van der Waals surface area contributed by atoms with Gasteiger partial charge in [0.1, 0.15) is 11.7 Å². The second kappa shape index (κ2) is 12.1. The minimum absolute atomic E-state index is 0.00852. The van der Waals surface area contributed by atoms with Crippen LogP contribution in [0.5, 0.6) is 0 Å². The van der Waals surface area contributed by atoms with Crippen molar-refractivity contribution in [3.63, 3.8) is 0 Å². The van der Waals surface area contributed by atoms with Crippen LogP contribution in [0.25, 0.3) is 0 Å². The number of hydrogen-bond acceptors (Lipinski definition) is 5. The molecule has 0 bridgehead atoms. The Labute approximate surface area is 243 Å². The lowest BCUT2D eigenvalue weighted by molar-refractivity contribution is -0.125. The fourth-order valence-electron chi connectivity index (χ4n) is 4.97. The number of amides is 1. The molecule has 4 rings (SSSR count). The standard InChI is InChI=1S/C29H34ClF3N4O3S/c1-19(26-35-25(28(2,3)36-26)27(38)34-21-11-14-29(32,33)15-12-21)13-16-37(18-20-9-10-23(30)24(31)17-20)41(39,40)22-7-5-4-6-8-22/h4-10,17,21,25H,1,11-16,18H2,2-3H3,(H,34,38)(H,35,36)/t25-/m0/s1. The Balaban J connectivity index is 1.47. The highest BCUT2D eigenvalue weighted by Crippen LogP contribution is 2.33. The first-order valence-corrected chi connectivity index (χ1v) is 15.2. The minimum atomic E-state index is -3.95. The molecule has 1 aliphatic carbocycles. The van der Waals surface area contributed by atoms with Crippen molar-refractivity contribution in [3.8, 4) is 0 Å². The minimum Gasteiger partial charge on any atom is -0.363 e. The van der Waals surface area contributed by atoms with Crippen LogP contribution in [0.4, 0.5) is 13.2 Å². The van der Waals surface area contributed by atoms with Crippen molar-refractivity contribution in [1.29, 1.82) is 0 Å². The highest BCUT2D eigenvalue weighted by Gasteiger charge is 2.43. The Morgan fingerprint density at radius 3 is 2.46 bits per heavy atom. The Morgan fingerprint density at radius 2 is 1.83 bits per heavy atom. The van der Waals surface area contributed by atoms with Gasteiger partial charge in [0.25, 0.3) is 0 Å². The zero-order chi connectivity index (χ0) is 30.0. The number of rotatable bonds is 10. The number of aliphatic imine (C=N–C) groups is 1. The third-order valence-corrected chi connectivity index (χ3v) is 9.58. The number of benzene rings is 2. The van der Waals surface area contributed by atoms with Crippen LogP contribution >= 0.6 is 11.6 Å². The van der Waals surface area contributed by atoms with E-state index in [0.717, 1.165) is 0 Å².